The fraction of sp³-hybridized carbons (Fsp3) is 1.00. The second-order valence-corrected chi connectivity index (χ2v) is 4.75. The van der Waals surface area contributed by atoms with E-state index >= 15 is 0 Å². The summed E-state index contributed by atoms with van der Waals surface area (Å²) in [5, 5.41) is 0. The molecule has 3 heteroatoms. The van der Waals surface area contributed by atoms with Crippen LogP contribution in [0.5, 0.6) is 0 Å². The molecule has 0 bridgehead atoms. The molecule has 0 spiro atoms. The van der Waals surface area contributed by atoms with Crippen LogP contribution in [0.2, 0.25) is 0 Å². The van der Waals surface area contributed by atoms with Gasteiger partial charge in [0.1, 0.15) is 0 Å². The summed E-state index contributed by atoms with van der Waals surface area (Å²) in [6, 6.07) is 0. The number of methoxy groups -OCH3 is 1. The van der Waals surface area contributed by atoms with Gasteiger partial charge < -0.3 is 14.0 Å². The van der Waals surface area contributed by atoms with Gasteiger partial charge in [-0.3, -0.25) is 0 Å². The van der Waals surface area contributed by atoms with Crippen LogP contribution in [-0.2, 0) is 9.47 Å². The third kappa shape index (κ3) is 10.2. The molecule has 0 aliphatic carbocycles. The Morgan fingerprint density at radius 1 is 1.00 bits per heavy atom. The Labute approximate surface area is 95.0 Å². The van der Waals surface area contributed by atoms with E-state index in [-0.39, 0.29) is 0 Å². The van der Waals surface area contributed by atoms with Gasteiger partial charge in [-0.25, -0.2) is 0 Å². The molecule has 0 aliphatic heterocycles. The lowest BCUT2D eigenvalue weighted by atomic mass is 10.2. The predicted octanol–water partition coefficient (Wildman–Crippen LogP) is 2.26. The lowest BCUT2D eigenvalue weighted by Crippen LogP contribution is -2.42. The first-order valence-corrected chi connectivity index (χ1v) is 6.01. The van der Waals surface area contributed by atoms with E-state index in [1.54, 1.807) is 7.11 Å². The topological polar surface area (TPSA) is 18.5 Å². The summed E-state index contributed by atoms with van der Waals surface area (Å²) in [5.41, 5.74) is 0. The van der Waals surface area contributed by atoms with Crippen LogP contribution in [-0.4, -0.2) is 52.2 Å². The maximum atomic E-state index is 5.54. The van der Waals surface area contributed by atoms with Gasteiger partial charge in [-0.1, -0.05) is 19.8 Å². The molecule has 0 amide bonds. The van der Waals surface area contributed by atoms with E-state index < -0.39 is 0 Å². The van der Waals surface area contributed by atoms with Crippen molar-refractivity contribution in [3.8, 4) is 0 Å². The molecule has 0 aromatic carbocycles. The maximum Gasteiger partial charge on any atom is 0.182 e. The first-order chi connectivity index (χ1) is 7.12. The van der Waals surface area contributed by atoms with Gasteiger partial charge in [0.25, 0.3) is 0 Å². The van der Waals surface area contributed by atoms with Crippen molar-refractivity contribution in [2.45, 2.75) is 32.6 Å². The number of ether oxygens (including phenoxy) is 2. The van der Waals surface area contributed by atoms with Gasteiger partial charge in [-0.15, -0.1) is 0 Å². The van der Waals surface area contributed by atoms with Crippen molar-refractivity contribution >= 4 is 0 Å². The molecule has 0 saturated carbocycles. The standard InChI is InChI=1S/C12H28NO2/c1-5-6-7-8-9-13(2,3)12-15-11-10-14-4/h5-12H2,1-4H3/q+1. The summed E-state index contributed by atoms with van der Waals surface area (Å²) in [4.78, 5) is 0. The summed E-state index contributed by atoms with van der Waals surface area (Å²) in [6.45, 7) is 5.62. The average molecular weight is 218 g/mol. The van der Waals surface area contributed by atoms with E-state index in [2.05, 4.69) is 21.0 Å². The molecule has 0 unspecified atom stereocenters. The number of unbranched alkanes of at least 4 members (excludes halogenated alkanes) is 3. The Hall–Kier alpha value is -0.120. The summed E-state index contributed by atoms with van der Waals surface area (Å²) in [6.07, 6.45) is 5.30. The SMILES string of the molecule is CCCCCC[N+](C)(C)COCCOC. The maximum absolute atomic E-state index is 5.54. The van der Waals surface area contributed by atoms with Gasteiger partial charge in [0.15, 0.2) is 6.73 Å². The number of hydrogen-bond donors (Lipinski definition) is 0. The van der Waals surface area contributed by atoms with Gasteiger partial charge >= 0.3 is 0 Å². The van der Waals surface area contributed by atoms with E-state index in [0.717, 1.165) is 11.2 Å². The summed E-state index contributed by atoms with van der Waals surface area (Å²) in [5.74, 6) is 0. The summed E-state index contributed by atoms with van der Waals surface area (Å²) < 4.78 is 11.4. The molecular formula is C12H28NO2+. The van der Waals surface area contributed by atoms with E-state index in [1.807, 2.05) is 0 Å². The number of hydrogen-bond acceptors (Lipinski definition) is 2. The van der Waals surface area contributed by atoms with Crippen LogP contribution in [0.3, 0.4) is 0 Å². The van der Waals surface area contributed by atoms with Crippen molar-refractivity contribution in [3.05, 3.63) is 0 Å². The van der Waals surface area contributed by atoms with Crippen molar-refractivity contribution in [1.29, 1.82) is 0 Å². The Bertz CT molecular complexity index is 124. The van der Waals surface area contributed by atoms with Crippen LogP contribution in [0.1, 0.15) is 32.6 Å². The number of nitrogens with zero attached hydrogens (tertiary/aromatic N) is 1. The van der Waals surface area contributed by atoms with Crippen molar-refractivity contribution in [2.24, 2.45) is 0 Å². The van der Waals surface area contributed by atoms with Crippen molar-refractivity contribution in [2.75, 3.05) is 47.7 Å². The zero-order valence-electron chi connectivity index (χ0n) is 10.9. The molecule has 15 heavy (non-hydrogen) atoms. The van der Waals surface area contributed by atoms with Crippen LogP contribution in [0, 0.1) is 0 Å². The van der Waals surface area contributed by atoms with E-state index in [0.29, 0.717) is 13.2 Å². The number of quaternary nitrogens is 1. The third-order valence-electron chi connectivity index (χ3n) is 2.49. The average Bonchev–Trinajstić information content (AvgIpc) is 2.20. The van der Waals surface area contributed by atoms with Gasteiger partial charge in [-0.2, -0.15) is 0 Å². The van der Waals surface area contributed by atoms with Crippen molar-refractivity contribution < 1.29 is 14.0 Å². The fourth-order valence-electron chi connectivity index (χ4n) is 1.49. The summed E-state index contributed by atoms with van der Waals surface area (Å²) >= 11 is 0. The van der Waals surface area contributed by atoms with Gasteiger partial charge in [0.05, 0.1) is 33.9 Å². The highest BCUT2D eigenvalue weighted by molar-refractivity contribution is 4.39. The van der Waals surface area contributed by atoms with E-state index in [4.69, 9.17) is 9.47 Å². The minimum atomic E-state index is 0.690. The molecule has 0 saturated heterocycles. The lowest BCUT2D eigenvalue weighted by Gasteiger charge is -2.29. The molecule has 0 atom stereocenters. The largest absolute Gasteiger partial charge is 0.382 e. The zero-order valence-corrected chi connectivity index (χ0v) is 10.9. The minimum Gasteiger partial charge on any atom is -0.382 e. The van der Waals surface area contributed by atoms with Crippen molar-refractivity contribution in [3.63, 3.8) is 0 Å². The molecule has 0 rings (SSSR count). The fourth-order valence-corrected chi connectivity index (χ4v) is 1.49. The molecule has 0 aliphatic rings. The normalized spacial score (nSPS) is 12.0. The van der Waals surface area contributed by atoms with Crippen LogP contribution >= 0.6 is 0 Å². The third-order valence-corrected chi connectivity index (χ3v) is 2.49. The Morgan fingerprint density at radius 2 is 1.73 bits per heavy atom. The second kappa shape index (κ2) is 9.13. The highest BCUT2D eigenvalue weighted by Gasteiger charge is 2.13. The van der Waals surface area contributed by atoms with Gasteiger partial charge in [0.2, 0.25) is 0 Å². The Kier molecular flexibility index (Phi) is 9.06. The first-order valence-electron chi connectivity index (χ1n) is 6.01. The smallest absolute Gasteiger partial charge is 0.182 e. The summed E-state index contributed by atoms with van der Waals surface area (Å²) in [7, 11) is 6.14. The van der Waals surface area contributed by atoms with Crippen LogP contribution < -0.4 is 0 Å². The molecule has 92 valence electrons. The van der Waals surface area contributed by atoms with E-state index in [9.17, 15) is 0 Å². The monoisotopic (exact) mass is 218 g/mol. The van der Waals surface area contributed by atoms with Crippen LogP contribution in [0.25, 0.3) is 0 Å². The second-order valence-electron chi connectivity index (χ2n) is 4.75. The molecule has 0 radical (unpaired) electrons. The quantitative estimate of drug-likeness (QED) is 0.318. The Morgan fingerprint density at radius 3 is 2.33 bits per heavy atom. The minimum absolute atomic E-state index is 0.690. The molecule has 0 heterocycles. The highest BCUT2D eigenvalue weighted by Crippen LogP contribution is 2.05. The highest BCUT2D eigenvalue weighted by atomic mass is 16.5. The van der Waals surface area contributed by atoms with Gasteiger partial charge in [0, 0.05) is 7.11 Å². The molecule has 0 fully saturated rings. The molecular weight excluding hydrogens is 190 g/mol. The predicted molar refractivity (Wildman–Crippen MR) is 63.8 cm³/mol. The van der Waals surface area contributed by atoms with E-state index in [1.165, 1.54) is 32.2 Å². The molecule has 0 N–H and O–H groups in total. The number of rotatable bonds is 10. The Balaban J connectivity index is 3.40. The molecule has 3 nitrogen and oxygen atoms in total. The van der Waals surface area contributed by atoms with Gasteiger partial charge in [-0.05, 0) is 12.8 Å². The molecule has 0 aromatic heterocycles. The molecule has 0 aromatic rings. The first kappa shape index (κ1) is 14.9. The van der Waals surface area contributed by atoms with Crippen LogP contribution in [0.4, 0.5) is 0 Å². The van der Waals surface area contributed by atoms with Crippen molar-refractivity contribution in [1.82, 2.24) is 0 Å². The zero-order chi connectivity index (χ0) is 11.6. The van der Waals surface area contributed by atoms with Crippen LogP contribution in [0.15, 0.2) is 0 Å². The lowest BCUT2D eigenvalue weighted by molar-refractivity contribution is -0.909.